The minimum Gasteiger partial charge on any atom is -0.390 e. The molecule has 0 saturated carbocycles. The lowest BCUT2D eigenvalue weighted by atomic mass is 9.91. The van der Waals surface area contributed by atoms with Gasteiger partial charge in [0.15, 0.2) is 0 Å². The van der Waals surface area contributed by atoms with Crippen LogP contribution in [0.2, 0.25) is 0 Å². The molecule has 0 amide bonds. The predicted octanol–water partition coefficient (Wildman–Crippen LogP) is -2.68. The van der Waals surface area contributed by atoms with E-state index in [-0.39, 0.29) is 13.0 Å². The van der Waals surface area contributed by atoms with E-state index >= 15 is 0 Å². The first kappa shape index (κ1) is 11.4. The summed E-state index contributed by atoms with van der Waals surface area (Å²) in [5, 5.41) is 48.3. The smallest absolute Gasteiger partial charge is 0.109 e. The van der Waals surface area contributed by atoms with Gasteiger partial charge in [0.1, 0.15) is 12.2 Å². The minimum absolute atomic E-state index is 0.0887. The zero-order valence-electron chi connectivity index (χ0n) is 7.54. The molecule has 1 rings (SSSR count). The molecule has 1 aliphatic heterocycles. The Labute approximate surface area is 81.4 Å². The van der Waals surface area contributed by atoms with Crippen molar-refractivity contribution in [1.82, 2.24) is 5.32 Å². The van der Waals surface area contributed by atoms with E-state index in [1.807, 2.05) is 0 Å². The first-order chi connectivity index (χ1) is 6.57. The van der Waals surface area contributed by atoms with E-state index in [2.05, 4.69) is 5.32 Å². The molecule has 1 saturated heterocycles. The number of hydrogen-bond acceptors (Lipinski definition) is 6. The summed E-state index contributed by atoms with van der Waals surface area (Å²) in [6, 6.07) is 0.996. The van der Waals surface area contributed by atoms with Crippen molar-refractivity contribution in [3.63, 3.8) is 0 Å². The summed E-state index contributed by atoms with van der Waals surface area (Å²) in [7, 11) is 0. The van der Waals surface area contributed by atoms with Crippen LogP contribution in [-0.4, -0.2) is 57.4 Å². The van der Waals surface area contributed by atoms with E-state index < -0.39 is 30.5 Å². The van der Waals surface area contributed by atoms with Crippen LogP contribution in [0.25, 0.3) is 0 Å². The molecule has 5 atom stereocenters. The number of β-amino-alcohol motifs (C(OH)–C–C–N with tert-alkyl or cyclic N) is 1. The molecule has 0 aromatic carbocycles. The second kappa shape index (κ2) is 4.68. The third kappa shape index (κ3) is 2.20. The molecule has 0 aliphatic carbocycles. The Balaban J connectivity index is 2.59. The van der Waals surface area contributed by atoms with Crippen molar-refractivity contribution in [3.8, 4) is 6.07 Å². The van der Waals surface area contributed by atoms with Crippen LogP contribution in [0.1, 0.15) is 6.42 Å². The van der Waals surface area contributed by atoms with Crippen LogP contribution in [0.3, 0.4) is 0 Å². The van der Waals surface area contributed by atoms with E-state index in [0.717, 1.165) is 0 Å². The quantitative estimate of drug-likeness (QED) is 0.333. The number of nitrogens with zero attached hydrogens (tertiary/aromatic N) is 1. The van der Waals surface area contributed by atoms with Gasteiger partial charge >= 0.3 is 0 Å². The SMILES string of the molecule is N#CC[C@@H](O)[C@H]1NC[C@H](O)[C@@H](O)[C@@H]1O. The zero-order chi connectivity index (χ0) is 10.7. The van der Waals surface area contributed by atoms with Gasteiger partial charge in [-0.1, -0.05) is 0 Å². The van der Waals surface area contributed by atoms with Crippen LogP contribution in [0.15, 0.2) is 0 Å². The summed E-state index contributed by atoms with van der Waals surface area (Å²) in [4.78, 5) is 0. The maximum Gasteiger partial charge on any atom is 0.109 e. The van der Waals surface area contributed by atoms with Crippen LogP contribution in [0.5, 0.6) is 0 Å². The zero-order valence-corrected chi connectivity index (χ0v) is 7.54. The molecule has 1 aliphatic rings. The van der Waals surface area contributed by atoms with E-state index in [1.165, 1.54) is 0 Å². The number of nitriles is 1. The van der Waals surface area contributed by atoms with Gasteiger partial charge in [-0.25, -0.2) is 0 Å². The highest BCUT2D eigenvalue weighted by atomic mass is 16.4. The second-order valence-corrected chi connectivity index (χ2v) is 3.41. The van der Waals surface area contributed by atoms with Crippen molar-refractivity contribution in [2.75, 3.05) is 6.54 Å². The van der Waals surface area contributed by atoms with Crippen molar-refractivity contribution in [3.05, 3.63) is 0 Å². The van der Waals surface area contributed by atoms with Crippen LogP contribution < -0.4 is 5.32 Å². The molecule has 0 bridgehead atoms. The monoisotopic (exact) mass is 202 g/mol. The lowest BCUT2D eigenvalue weighted by Gasteiger charge is -2.37. The summed E-state index contributed by atoms with van der Waals surface area (Å²) in [5.41, 5.74) is 0. The molecule has 6 nitrogen and oxygen atoms in total. The summed E-state index contributed by atoms with van der Waals surface area (Å²) in [6.45, 7) is 0.0887. The maximum absolute atomic E-state index is 9.46. The van der Waals surface area contributed by atoms with E-state index in [4.69, 9.17) is 10.4 Å². The average molecular weight is 202 g/mol. The second-order valence-electron chi connectivity index (χ2n) is 3.41. The molecular formula is C8H14N2O4. The van der Waals surface area contributed by atoms with Crippen LogP contribution in [-0.2, 0) is 0 Å². The van der Waals surface area contributed by atoms with Crippen molar-refractivity contribution < 1.29 is 20.4 Å². The molecule has 0 aromatic rings. The molecule has 0 radical (unpaired) electrons. The van der Waals surface area contributed by atoms with Gasteiger partial charge in [0, 0.05) is 6.54 Å². The largest absolute Gasteiger partial charge is 0.390 e. The van der Waals surface area contributed by atoms with Crippen LogP contribution in [0, 0.1) is 11.3 Å². The lowest BCUT2D eigenvalue weighted by molar-refractivity contribution is -0.112. The maximum atomic E-state index is 9.46. The summed E-state index contributed by atoms with van der Waals surface area (Å²) in [5.74, 6) is 0. The Kier molecular flexibility index (Phi) is 3.80. The van der Waals surface area contributed by atoms with Crippen molar-refractivity contribution in [1.29, 1.82) is 5.26 Å². The number of rotatable bonds is 2. The lowest BCUT2D eigenvalue weighted by Crippen LogP contribution is -2.63. The summed E-state index contributed by atoms with van der Waals surface area (Å²) >= 11 is 0. The first-order valence-corrected chi connectivity index (χ1v) is 4.40. The van der Waals surface area contributed by atoms with E-state index in [9.17, 15) is 15.3 Å². The standard InChI is InChI=1S/C8H14N2O4/c9-2-1-4(11)6-8(14)7(13)5(12)3-10-6/h4-8,10-14H,1,3H2/t4-,5+,6-,7-,8-/m1/s1. The molecule has 5 N–H and O–H groups in total. The third-order valence-electron chi connectivity index (χ3n) is 2.39. The molecule has 1 fully saturated rings. The van der Waals surface area contributed by atoms with Gasteiger partial charge in [0.25, 0.3) is 0 Å². The van der Waals surface area contributed by atoms with Gasteiger partial charge in [-0.15, -0.1) is 0 Å². The van der Waals surface area contributed by atoms with Crippen molar-refractivity contribution in [2.45, 2.75) is 36.9 Å². The van der Waals surface area contributed by atoms with Gasteiger partial charge in [-0.3, -0.25) is 0 Å². The molecular weight excluding hydrogens is 188 g/mol. The van der Waals surface area contributed by atoms with Crippen molar-refractivity contribution >= 4 is 0 Å². The minimum atomic E-state index is -1.28. The topological polar surface area (TPSA) is 117 Å². The fourth-order valence-corrected chi connectivity index (χ4v) is 1.52. The van der Waals surface area contributed by atoms with E-state index in [0.29, 0.717) is 0 Å². The number of aliphatic hydroxyl groups excluding tert-OH is 4. The fourth-order valence-electron chi connectivity index (χ4n) is 1.52. The highest BCUT2D eigenvalue weighted by Crippen LogP contribution is 2.14. The molecule has 0 unspecified atom stereocenters. The Bertz CT molecular complexity index is 230. The molecule has 1 heterocycles. The Morgan fingerprint density at radius 1 is 1.36 bits per heavy atom. The number of hydrogen-bond donors (Lipinski definition) is 5. The fraction of sp³-hybridized carbons (Fsp3) is 0.875. The molecule has 80 valence electrons. The van der Waals surface area contributed by atoms with Crippen LogP contribution >= 0.6 is 0 Å². The number of nitrogens with one attached hydrogen (secondary N) is 1. The Morgan fingerprint density at radius 3 is 2.57 bits per heavy atom. The summed E-state index contributed by atoms with van der Waals surface area (Å²) < 4.78 is 0. The molecule has 0 spiro atoms. The predicted molar refractivity (Wildman–Crippen MR) is 46.0 cm³/mol. The van der Waals surface area contributed by atoms with Gasteiger partial charge in [-0.2, -0.15) is 5.26 Å². The average Bonchev–Trinajstić information content (AvgIpc) is 2.15. The Morgan fingerprint density at radius 2 is 2.00 bits per heavy atom. The van der Waals surface area contributed by atoms with Gasteiger partial charge in [0.05, 0.1) is 30.7 Å². The van der Waals surface area contributed by atoms with Gasteiger partial charge in [-0.05, 0) is 0 Å². The molecule has 14 heavy (non-hydrogen) atoms. The molecule has 6 heteroatoms. The third-order valence-corrected chi connectivity index (χ3v) is 2.39. The summed E-state index contributed by atoms with van der Waals surface area (Å²) in [6.07, 6.45) is -4.76. The Hall–Kier alpha value is -0.710. The van der Waals surface area contributed by atoms with Gasteiger partial charge < -0.3 is 25.7 Å². The number of aliphatic hydroxyl groups is 4. The highest BCUT2D eigenvalue weighted by Gasteiger charge is 2.39. The highest BCUT2D eigenvalue weighted by molar-refractivity contribution is 4.97. The van der Waals surface area contributed by atoms with Gasteiger partial charge in [0.2, 0.25) is 0 Å². The van der Waals surface area contributed by atoms with Crippen LogP contribution in [0.4, 0.5) is 0 Å². The number of piperidine rings is 1. The normalized spacial score (nSPS) is 40.2. The van der Waals surface area contributed by atoms with Crippen molar-refractivity contribution in [2.24, 2.45) is 0 Å². The molecule has 0 aromatic heterocycles. The first-order valence-electron chi connectivity index (χ1n) is 4.40. The van der Waals surface area contributed by atoms with E-state index in [1.54, 1.807) is 6.07 Å².